The summed E-state index contributed by atoms with van der Waals surface area (Å²) in [7, 11) is 0. The second-order valence-corrected chi connectivity index (χ2v) is 8.42. The van der Waals surface area contributed by atoms with Crippen molar-refractivity contribution in [3.8, 4) is 0 Å². The van der Waals surface area contributed by atoms with Crippen LogP contribution in [0.15, 0.2) is 53.5 Å². The van der Waals surface area contributed by atoms with Gasteiger partial charge >= 0.3 is 5.97 Å². The van der Waals surface area contributed by atoms with E-state index in [9.17, 15) is 14.7 Å². The molecule has 0 aromatic heterocycles. The molecule has 1 heterocycles. The molecule has 0 radical (unpaired) electrons. The number of carbonyl (C=O) groups excluding carboxylic acids is 1. The number of aliphatic imine (C=N–C) groups is 1. The molecule has 6 heteroatoms. The molecule has 30 heavy (non-hydrogen) atoms. The van der Waals surface area contributed by atoms with Gasteiger partial charge < -0.3 is 10.0 Å². The summed E-state index contributed by atoms with van der Waals surface area (Å²) in [5.41, 5.74) is 3.11. The van der Waals surface area contributed by atoms with Crippen LogP contribution in [0, 0.1) is 5.92 Å². The molecule has 0 saturated heterocycles. The first-order valence-corrected chi connectivity index (χ1v) is 10.9. The van der Waals surface area contributed by atoms with E-state index in [2.05, 4.69) is 0 Å². The Morgan fingerprint density at radius 3 is 2.53 bits per heavy atom. The third-order valence-corrected chi connectivity index (χ3v) is 6.22. The summed E-state index contributed by atoms with van der Waals surface area (Å²) in [6.07, 6.45) is 5.19. The number of carbonyl (C=O) groups is 2. The van der Waals surface area contributed by atoms with Gasteiger partial charge in [-0.2, -0.15) is 0 Å². The molecule has 2 aliphatic rings. The maximum atomic E-state index is 13.7. The molecule has 2 aromatic rings. The maximum absolute atomic E-state index is 13.7. The molecule has 0 spiro atoms. The summed E-state index contributed by atoms with van der Waals surface area (Å²) < 4.78 is 0. The average molecular weight is 425 g/mol. The summed E-state index contributed by atoms with van der Waals surface area (Å²) in [4.78, 5) is 31.6. The number of benzene rings is 2. The van der Waals surface area contributed by atoms with Gasteiger partial charge in [0.2, 0.25) is 0 Å². The number of hydrogen-bond acceptors (Lipinski definition) is 3. The van der Waals surface area contributed by atoms with Crippen LogP contribution in [0.25, 0.3) is 0 Å². The maximum Gasteiger partial charge on any atom is 0.305 e. The van der Waals surface area contributed by atoms with Crippen LogP contribution in [0.2, 0.25) is 5.02 Å². The van der Waals surface area contributed by atoms with Crippen molar-refractivity contribution in [3.63, 3.8) is 0 Å². The molecule has 1 aliphatic carbocycles. The van der Waals surface area contributed by atoms with Crippen molar-refractivity contribution in [3.05, 3.63) is 64.7 Å². The molecule has 1 fully saturated rings. The van der Waals surface area contributed by atoms with Crippen molar-refractivity contribution in [1.82, 2.24) is 0 Å². The molecule has 0 bridgehead atoms. The Bertz CT molecular complexity index is 968. The van der Waals surface area contributed by atoms with Crippen LogP contribution in [0.4, 0.5) is 5.69 Å². The lowest BCUT2D eigenvalue weighted by Crippen LogP contribution is -2.43. The molecule has 1 N–H and O–H groups in total. The largest absolute Gasteiger partial charge is 0.481 e. The number of carboxylic acids is 1. The number of fused-ring (bicyclic) bond motifs is 1. The fourth-order valence-corrected chi connectivity index (χ4v) is 4.67. The Kier molecular flexibility index (Phi) is 6.18. The zero-order valence-corrected chi connectivity index (χ0v) is 17.5. The zero-order valence-electron chi connectivity index (χ0n) is 16.8. The van der Waals surface area contributed by atoms with Gasteiger partial charge in [-0.25, -0.2) is 0 Å². The fourth-order valence-electron chi connectivity index (χ4n) is 4.50. The Hall–Kier alpha value is -2.66. The van der Waals surface area contributed by atoms with E-state index in [0.29, 0.717) is 10.7 Å². The van der Waals surface area contributed by atoms with Gasteiger partial charge in [0.15, 0.2) is 0 Å². The van der Waals surface area contributed by atoms with Gasteiger partial charge in [-0.3, -0.25) is 14.6 Å². The highest BCUT2D eigenvalue weighted by molar-refractivity contribution is 6.32. The molecule has 2 aromatic carbocycles. The van der Waals surface area contributed by atoms with Gasteiger partial charge in [-0.05, 0) is 37.0 Å². The lowest BCUT2D eigenvalue weighted by atomic mass is 9.83. The Morgan fingerprint density at radius 2 is 1.83 bits per heavy atom. The quantitative estimate of drug-likeness (QED) is 0.738. The number of hydrogen-bond donors (Lipinski definition) is 1. The Morgan fingerprint density at radius 1 is 1.10 bits per heavy atom. The number of aliphatic carboxylic acids is 1. The molecule has 4 rings (SSSR count). The van der Waals surface area contributed by atoms with Crippen LogP contribution in [0.5, 0.6) is 0 Å². The first-order valence-electron chi connectivity index (χ1n) is 10.5. The minimum Gasteiger partial charge on any atom is -0.481 e. The predicted molar refractivity (Wildman–Crippen MR) is 119 cm³/mol. The van der Waals surface area contributed by atoms with Gasteiger partial charge in [0.05, 0.1) is 17.8 Å². The Balaban J connectivity index is 1.87. The molecule has 1 atom stereocenters. The van der Waals surface area contributed by atoms with Crippen molar-refractivity contribution >= 4 is 34.9 Å². The zero-order chi connectivity index (χ0) is 21.1. The summed E-state index contributed by atoms with van der Waals surface area (Å²) in [5.74, 6) is -0.874. The number of nitrogens with zero attached hydrogens (tertiary/aromatic N) is 2. The number of anilines is 1. The minimum absolute atomic E-state index is 0.113. The number of carboxylic acid groups (broad SMARTS) is 1. The second-order valence-electron chi connectivity index (χ2n) is 7.98. The number of amides is 1. The molecule has 5 nitrogen and oxygen atoms in total. The van der Waals surface area contributed by atoms with Crippen molar-refractivity contribution in [1.29, 1.82) is 0 Å². The lowest BCUT2D eigenvalue weighted by Gasteiger charge is -2.30. The van der Waals surface area contributed by atoms with Crippen LogP contribution in [0.3, 0.4) is 0 Å². The molecule has 1 saturated carbocycles. The van der Waals surface area contributed by atoms with Gasteiger partial charge in [0.1, 0.15) is 6.04 Å². The summed E-state index contributed by atoms with van der Waals surface area (Å²) in [6, 6.07) is 14.7. The van der Waals surface area contributed by atoms with E-state index >= 15 is 0 Å². The van der Waals surface area contributed by atoms with Crippen LogP contribution < -0.4 is 4.90 Å². The van der Waals surface area contributed by atoms with E-state index in [-0.39, 0.29) is 24.8 Å². The van der Waals surface area contributed by atoms with Crippen LogP contribution in [-0.2, 0) is 9.59 Å². The van der Waals surface area contributed by atoms with E-state index in [1.807, 2.05) is 36.4 Å². The van der Waals surface area contributed by atoms with Crippen LogP contribution in [0.1, 0.15) is 49.7 Å². The summed E-state index contributed by atoms with van der Waals surface area (Å²) in [6.45, 7) is 0.115. The average Bonchev–Trinajstić information content (AvgIpc) is 2.87. The van der Waals surface area contributed by atoms with Crippen LogP contribution >= 0.6 is 11.6 Å². The standard InChI is InChI=1S/C24H25ClN2O3/c25-18-11-12-20-19(15-18)22(16-7-3-1-4-8-16)26-23(17-9-5-2-6-10-17)24(30)27(20)14-13-21(28)29/h1,3-4,7-8,11-12,15,17,23H,2,5-6,9-10,13-14H2,(H,28,29)/t23-/m0/s1. The smallest absolute Gasteiger partial charge is 0.305 e. The van der Waals surface area contributed by atoms with E-state index in [0.717, 1.165) is 42.5 Å². The summed E-state index contributed by atoms with van der Waals surface area (Å²) >= 11 is 6.33. The highest BCUT2D eigenvalue weighted by Crippen LogP contribution is 2.36. The molecule has 0 unspecified atom stereocenters. The lowest BCUT2D eigenvalue weighted by molar-refractivity contribution is -0.136. The van der Waals surface area contributed by atoms with Crippen LogP contribution in [-0.4, -0.2) is 35.3 Å². The van der Waals surface area contributed by atoms with Crippen molar-refractivity contribution in [2.75, 3.05) is 11.4 Å². The van der Waals surface area contributed by atoms with Crippen molar-refractivity contribution in [2.24, 2.45) is 10.9 Å². The topological polar surface area (TPSA) is 70.0 Å². The number of halogens is 1. The minimum atomic E-state index is -0.930. The third-order valence-electron chi connectivity index (χ3n) is 5.98. The molecular weight excluding hydrogens is 400 g/mol. The predicted octanol–water partition coefficient (Wildman–Crippen LogP) is 4.95. The van der Waals surface area contributed by atoms with Crippen molar-refractivity contribution < 1.29 is 14.7 Å². The molecule has 1 amide bonds. The monoisotopic (exact) mass is 424 g/mol. The van der Waals surface area contributed by atoms with E-state index < -0.39 is 12.0 Å². The van der Waals surface area contributed by atoms with Gasteiger partial charge in [0.25, 0.3) is 5.91 Å². The van der Waals surface area contributed by atoms with Gasteiger partial charge in [-0.1, -0.05) is 61.2 Å². The summed E-state index contributed by atoms with van der Waals surface area (Å²) in [5, 5.41) is 9.80. The van der Waals surface area contributed by atoms with E-state index in [4.69, 9.17) is 16.6 Å². The SMILES string of the molecule is O=C(O)CCN1C(=O)[C@H](C2CCCCC2)N=C(c2ccccc2)c2cc(Cl)ccc21. The first-order chi connectivity index (χ1) is 14.5. The van der Waals surface area contributed by atoms with Gasteiger partial charge in [0, 0.05) is 22.7 Å². The molecule has 156 valence electrons. The fraction of sp³-hybridized carbons (Fsp3) is 0.375. The van der Waals surface area contributed by atoms with Gasteiger partial charge in [-0.15, -0.1) is 0 Å². The highest BCUT2D eigenvalue weighted by atomic mass is 35.5. The number of rotatable bonds is 5. The van der Waals surface area contributed by atoms with E-state index in [1.165, 1.54) is 6.42 Å². The number of benzodiazepines with no additional fused rings is 1. The van der Waals surface area contributed by atoms with Crippen molar-refractivity contribution in [2.45, 2.75) is 44.6 Å². The second kappa shape index (κ2) is 9.00. The molecule has 1 aliphatic heterocycles. The first kappa shape index (κ1) is 20.6. The molecular formula is C24H25ClN2O3. The van der Waals surface area contributed by atoms with E-state index in [1.54, 1.807) is 17.0 Å². The third kappa shape index (κ3) is 4.26. The Labute approximate surface area is 181 Å². The normalized spacial score (nSPS) is 19.8. The highest BCUT2D eigenvalue weighted by Gasteiger charge is 2.37.